The fourth-order valence-electron chi connectivity index (χ4n) is 5.07. The number of rotatable bonds is 14. The van der Waals surface area contributed by atoms with Crippen LogP contribution in [-0.4, -0.2) is 48.9 Å². The van der Waals surface area contributed by atoms with Crippen molar-refractivity contribution in [2.45, 2.75) is 69.6 Å². The van der Waals surface area contributed by atoms with Gasteiger partial charge in [-0.2, -0.15) is 17.5 Å². The lowest BCUT2D eigenvalue weighted by Gasteiger charge is -2.29. The molecule has 2 aromatic carbocycles. The first-order chi connectivity index (χ1) is 21.3. The van der Waals surface area contributed by atoms with Gasteiger partial charge < -0.3 is 10.1 Å². The lowest BCUT2D eigenvalue weighted by Crippen LogP contribution is -2.51. The number of halogens is 4. The molecule has 0 spiro atoms. The van der Waals surface area contributed by atoms with Crippen molar-refractivity contribution < 1.29 is 35.5 Å². The molecule has 4 rings (SSSR count). The van der Waals surface area contributed by atoms with Crippen LogP contribution in [0.5, 0.6) is 0 Å². The molecule has 1 aliphatic carbocycles. The minimum absolute atomic E-state index is 0.0325. The lowest BCUT2D eigenvalue weighted by atomic mass is 10.0. The normalized spacial score (nSPS) is 14.9. The Morgan fingerprint density at radius 1 is 1.04 bits per heavy atom. The summed E-state index contributed by atoms with van der Waals surface area (Å²) in [6, 6.07) is 12.7. The smallest absolute Gasteiger partial charge is 0.381 e. The van der Waals surface area contributed by atoms with E-state index in [2.05, 4.69) is 5.32 Å². The Morgan fingerprint density at radius 2 is 1.71 bits per heavy atom. The number of alkyl halides is 3. The van der Waals surface area contributed by atoms with E-state index in [4.69, 9.17) is 9.72 Å². The zero-order valence-electron chi connectivity index (χ0n) is 25.5. The Hall–Kier alpha value is -3.61. The van der Waals surface area contributed by atoms with Crippen molar-refractivity contribution in [2.24, 2.45) is 0 Å². The van der Waals surface area contributed by atoms with Crippen LogP contribution >= 0.6 is 0 Å². The number of nitrogens with zero attached hydrogens (tertiary/aromatic N) is 2. The van der Waals surface area contributed by atoms with Crippen molar-refractivity contribution in [1.29, 1.82) is 0 Å². The van der Waals surface area contributed by atoms with Crippen molar-refractivity contribution in [1.82, 2.24) is 14.6 Å². The minimum Gasteiger partial charge on any atom is -0.381 e. The number of hydrogen-bond acceptors (Lipinski definition) is 5. The number of carbonyl (C=O) groups excluding carboxylic acids is 1. The van der Waals surface area contributed by atoms with Gasteiger partial charge in [0.05, 0.1) is 28.5 Å². The molecule has 0 radical (unpaired) electrons. The molecule has 0 bridgehead atoms. The van der Waals surface area contributed by atoms with E-state index in [9.17, 15) is 30.8 Å². The second-order valence-corrected chi connectivity index (χ2v) is 12.8. The molecule has 1 fully saturated rings. The quantitative estimate of drug-likeness (QED) is 0.151. The highest BCUT2D eigenvalue weighted by atomic mass is 32.2. The van der Waals surface area contributed by atoms with Crippen LogP contribution in [0.1, 0.15) is 63.3 Å². The van der Waals surface area contributed by atoms with Gasteiger partial charge in [0.25, 0.3) is 0 Å². The fourth-order valence-corrected chi connectivity index (χ4v) is 6.87. The van der Waals surface area contributed by atoms with E-state index in [1.807, 2.05) is 19.9 Å². The highest BCUT2D eigenvalue weighted by molar-refractivity contribution is 7.89. The summed E-state index contributed by atoms with van der Waals surface area (Å²) in [4.78, 5) is 18.1. The van der Waals surface area contributed by atoms with Crippen LogP contribution in [0.25, 0.3) is 16.8 Å². The van der Waals surface area contributed by atoms with E-state index >= 15 is 0 Å². The van der Waals surface area contributed by atoms with Crippen LogP contribution in [0.15, 0.2) is 71.6 Å². The summed E-state index contributed by atoms with van der Waals surface area (Å²) in [7, 11) is -4.08. The number of carbonyl (C=O) groups is 1. The molecule has 45 heavy (non-hydrogen) atoms. The Morgan fingerprint density at radius 3 is 2.29 bits per heavy atom. The number of allylic oxidation sites excluding steroid dienone is 1. The molecule has 3 aromatic rings. The number of pyridine rings is 1. The summed E-state index contributed by atoms with van der Waals surface area (Å²) >= 11 is 0. The van der Waals surface area contributed by atoms with E-state index in [1.165, 1.54) is 24.3 Å². The number of benzene rings is 2. The van der Waals surface area contributed by atoms with Gasteiger partial charge in [-0.15, -0.1) is 0 Å². The van der Waals surface area contributed by atoms with Crippen LogP contribution in [0.4, 0.5) is 17.6 Å². The molecule has 12 heteroatoms. The summed E-state index contributed by atoms with van der Waals surface area (Å²) in [6.45, 7) is 6.79. The van der Waals surface area contributed by atoms with Gasteiger partial charge in [-0.25, -0.2) is 17.8 Å². The number of nitrogens with one attached hydrogen (secondary N) is 1. The van der Waals surface area contributed by atoms with Gasteiger partial charge in [0.15, 0.2) is 0 Å². The van der Waals surface area contributed by atoms with Gasteiger partial charge >= 0.3 is 6.18 Å². The lowest BCUT2D eigenvalue weighted by molar-refractivity contribution is -0.137. The number of aromatic nitrogens is 1. The third kappa shape index (κ3) is 8.16. The van der Waals surface area contributed by atoms with E-state index in [1.54, 1.807) is 19.1 Å². The Bertz CT molecular complexity index is 1620. The van der Waals surface area contributed by atoms with Crippen molar-refractivity contribution in [3.63, 3.8) is 0 Å². The molecule has 1 aliphatic rings. The maximum Gasteiger partial charge on any atom is 0.416 e. The predicted molar refractivity (Wildman–Crippen MR) is 164 cm³/mol. The number of likely N-dealkylation sites (N-methyl/N-ethyl adjacent to an activating group) is 1. The summed E-state index contributed by atoms with van der Waals surface area (Å²) < 4.78 is 86.5. The summed E-state index contributed by atoms with van der Waals surface area (Å²) in [5.74, 6) is -1.04. The first kappa shape index (κ1) is 34.3. The predicted octanol–water partition coefficient (Wildman–Crippen LogP) is 6.99. The fraction of sp³-hybridized carbons (Fsp3) is 0.394. The third-order valence-electron chi connectivity index (χ3n) is 7.62. The number of ether oxygens (including phenoxy) is 1. The van der Waals surface area contributed by atoms with Gasteiger partial charge in [-0.1, -0.05) is 32.1 Å². The van der Waals surface area contributed by atoms with Crippen LogP contribution in [0.2, 0.25) is 0 Å². The van der Waals surface area contributed by atoms with Crippen molar-refractivity contribution >= 4 is 21.5 Å². The van der Waals surface area contributed by atoms with Crippen LogP contribution in [0.3, 0.4) is 0 Å². The van der Waals surface area contributed by atoms with Gasteiger partial charge in [-0.3, -0.25) is 4.79 Å². The molecule has 0 saturated heterocycles. The molecule has 0 aliphatic heterocycles. The zero-order chi connectivity index (χ0) is 32.8. The van der Waals surface area contributed by atoms with E-state index in [-0.39, 0.29) is 18.0 Å². The average molecular weight is 648 g/mol. The van der Waals surface area contributed by atoms with Crippen LogP contribution < -0.4 is 5.32 Å². The van der Waals surface area contributed by atoms with Gasteiger partial charge in [0.1, 0.15) is 11.4 Å². The van der Waals surface area contributed by atoms with Crippen molar-refractivity contribution in [2.75, 3.05) is 19.8 Å². The molecular weight excluding hydrogens is 610 g/mol. The maximum absolute atomic E-state index is 13.5. The molecule has 0 atom stereocenters. The van der Waals surface area contributed by atoms with E-state index in [0.717, 1.165) is 40.6 Å². The number of hydrogen-bond donors (Lipinski definition) is 1. The second kappa shape index (κ2) is 14.2. The van der Waals surface area contributed by atoms with Gasteiger partial charge in [0, 0.05) is 25.3 Å². The van der Waals surface area contributed by atoms with Crippen molar-refractivity contribution in [3.8, 4) is 11.3 Å². The van der Waals surface area contributed by atoms with Crippen molar-refractivity contribution in [3.05, 3.63) is 89.4 Å². The Balaban J connectivity index is 1.59. The molecule has 1 N–H and O–H groups in total. The standard InChI is InChI=1S/C33H37F4N3O4S/c1-4-18-44-19-6-7-23(3)29-20-24(21-30(39-29)25-8-10-26(11-9-25)33(35,36)37)22-38-31(41)32(16-17-32)40(5-2)45(42,43)28-14-12-27(34)13-15-28/h7-15,20-21H,4-6,16-19,22H2,1-3H3,(H,38,41). The monoisotopic (exact) mass is 647 g/mol. The topological polar surface area (TPSA) is 88.6 Å². The summed E-state index contributed by atoms with van der Waals surface area (Å²) in [5, 5.41) is 2.87. The first-order valence-corrected chi connectivity index (χ1v) is 16.3. The SMILES string of the molecule is CCCOCCC=C(C)c1cc(CNC(=O)C2(N(CC)S(=O)(=O)c3ccc(F)cc3)CC2)cc(-c2ccc(C(F)(F)F)cc2)n1. The molecule has 1 heterocycles. The number of sulfonamides is 1. The molecule has 0 unspecified atom stereocenters. The zero-order valence-corrected chi connectivity index (χ0v) is 26.3. The molecule has 7 nitrogen and oxygen atoms in total. The molecule has 242 valence electrons. The number of amides is 1. The summed E-state index contributed by atoms with van der Waals surface area (Å²) in [6.07, 6.45) is -0.305. The molecular formula is C33H37F4N3O4S. The minimum atomic E-state index is -4.47. The van der Waals surface area contributed by atoms with Gasteiger partial charge in [0.2, 0.25) is 15.9 Å². The molecule has 1 saturated carbocycles. The summed E-state index contributed by atoms with van der Waals surface area (Å²) in [5.41, 5.74) is 0.901. The highest BCUT2D eigenvalue weighted by Crippen LogP contribution is 2.45. The Labute approximate surface area is 261 Å². The van der Waals surface area contributed by atoms with Crippen LogP contribution in [0, 0.1) is 5.82 Å². The largest absolute Gasteiger partial charge is 0.416 e. The average Bonchev–Trinajstić information content (AvgIpc) is 3.81. The Kier molecular flexibility index (Phi) is 10.8. The van der Waals surface area contributed by atoms with E-state index < -0.39 is 39.0 Å². The third-order valence-corrected chi connectivity index (χ3v) is 9.68. The first-order valence-electron chi connectivity index (χ1n) is 14.8. The van der Waals surface area contributed by atoms with Crippen LogP contribution in [-0.2, 0) is 32.3 Å². The molecule has 1 amide bonds. The maximum atomic E-state index is 13.5. The molecule has 1 aromatic heterocycles. The highest BCUT2D eigenvalue weighted by Gasteiger charge is 2.58. The second-order valence-electron chi connectivity index (χ2n) is 10.9. The van der Waals surface area contributed by atoms with Gasteiger partial charge in [-0.05, 0) is 92.3 Å². The van der Waals surface area contributed by atoms with E-state index in [0.29, 0.717) is 55.0 Å².